The van der Waals surface area contributed by atoms with Crippen molar-refractivity contribution in [1.82, 2.24) is 5.43 Å². The first-order valence-corrected chi connectivity index (χ1v) is 7.50. The maximum absolute atomic E-state index is 12.2. The van der Waals surface area contributed by atoms with Crippen LogP contribution in [0.15, 0.2) is 53.4 Å². The van der Waals surface area contributed by atoms with Gasteiger partial charge in [0.25, 0.3) is 0 Å². The number of rotatable bonds is 5. The number of ketones is 2. The molecule has 3 rings (SSSR count). The molecule has 0 radical (unpaired) electrons. The Labute approximate surface area is 130 Å². The highest BCUT2D eigenvalue weighted by Gasteiger charge is 2.32. The molecule has 0 saturated carbocycles. The van der Waals surface area contributed by atoms with Crippen molar-refractivity contribution in [3.63, 3.8) is 0 Å². The number of benzene rings is 1. The molecule has 0 atom stereocenters. The van der Waals surface area contributed by atoms with Gasteiger partial charge in [0.15, 0.2) is 11.6 Å². The summed E-state index contributed by atoms with van der Waals surface area (Å²) in [4.78, 5) is 35.4. The van der Waals surface area contributed by atoms with Crippen LogP contribution in [-0.4, -0.2) is 24.5 Å². The molecular formula is C16H12N2O3S. The van der Waals surface area contributed by atoms with Gasteiger partial charge in [-0.05, 0) is 17.5 Å². The summed E-state index contributed by atoms with van der Waals surface area (Å²) in [6.45, 7) is 0.206. The fourth-order valence-electron chi connectivity index (χ4n) is 2.28. The van der Waals surface area contributed by atoms with Crippen LogP contribution in [0.1, 0.15) is 20.7 Å². The number of allylic oxidation sites excluding steroid dienone is 1. The summed E-state index contributed by atoms with van der Waals surface area (Å²) >= 11 is 1.41. The van der Waals surface area contributed by atoms with Crippen molar-refractivity contribution in [1.29, 1.82) is 0 Å². The van der Waals surface area contributed by atoms with Crippen molar-refractivity contribution in [2.45, 2.75) is 0 Å². The molecule has 2 aromatic rings. The topological polar surface area (TPSA) is 66.5 Å². The first-order chi connectivity index (χ1) is 10.7. The number of hydrogen-bond donors (Lipinski definition) is 1. The molecule has 1 N–H and O–H groups in total. The Balaban J connectivity index is 1.73. The van der Waals surface area contributed by atoms with E-state index in [1.807, 2.05) is 11.4 Å². The Bertz CT molecular complexity index is 728. The molecule has 110 valence electrons. The van der Waals surface area contributed by atoms with E-state index in [1.54, 1.807) is 30.3 Å². The predicted molar refractivity (Wildman–Crippen MR) is 84.1 cm³/mol. The minimum atomic E-state index is -0.267. The third-order valence-corrected chi connectivity index (χ3v) is 4.19. The monoisotopic (exact) mass is 312 g/mol. The van der Waals surface area contributed by atoms with Crippen LogP contribution in [0.25, 0.3) is 0 Å². The molecule has 0 unspecified atom stereocenters. The van der Waals surface area contributed by atoms with Crippen LogP contribution in [0.5, 0.6) is 0 Å². The Kier molecular flexibility index (Phi) is 3.95. The first-order valence-electron chi connectivity index (χ1n) is 6.62. The number of Topliss-reactive ketones (excluding diaryl/α,β-unsaturated/α-hetero) is 2. The van der Waals surface area contributed by atoms with Crippen molar-refractivity contribution >= 4 is 34.3 Å². The second-order valence-electron chi connectivity index (χ2n) is 4.61. The van der Waals surface area contributed by atoms with Crippen LogP contribution in [0.4, 0.5) is 5.00 Å². The summed E-state index contributed by atoms with van der Waals surface area (Å²) in [5.41, 5.74) is 3.87. The number of nitrogens with one attached hydrogen (secondary N) is 1. The Morgan fingerprint density at radius 1 is 1.05 bits per heavy atom. The molecule has 1 aliphatic carbocycles. The van der Waals surface area contributed by atoms with Gasteiger partial charge < -0.3 is 0 Å². The molecule has 22 heavy (non-hydrogen) atoms. The summed E-state index contributed by atoms with van der Waals surface area (Å²) < 4.78 is 0. The molecule has 5 nitrogen and oxygen atoms in total. The lowest BCUT2D eigenvalue weighted by Crippen LogP contribution is -2.36. The number of hydrazine groups is 1. The SMILES string of the molecule is O=CN(NCC=C1C(=O)c2ccccc2C1=O)c1cccs1. The molecule has 1 aromatic heterocycles. The highest BCUT2D eigenvalue weighted by molar-refractivity contribution is 7.14. The number of amides is 1. The molecule has 1 aliphatic rings. The van der Waals surface area contributed by atoms with Crippen molar-refractivity contribution in [3.05, 3.63) is 64.6 Å². The van der Waals surface area contributed by atoms with Crippen LogP contribution in [-0.2, 0) is 4.79 Å². The molecular weight excluding hydrogens is 300 g/mol. The molecule has 1 heterocycles. The smallest absolute Gasteiger partial charge is 0.229 e. The van der Waals surface area contributed by atoms with E-state index in [4.69, 9.17) is 0 Å². The molecule has 0 aliphatic heterocycles. The molecule has 6 heteroatoms. The van der Waals surface area contributed by atoms with Gasteiger partial charge in [-0.15, -0.1) is 11.3 Å². The molecule has 0 spiro atoms. The average molecular weight is 312 g/mol. The van der Waals surface area contributed by atoms with E-state index < -0.39 is 0 Å². The van der Waals surface area contributed by atoms with Gasteiger partial charge in [-0.25, -0.2) is 10.4 Å². The molecule has 1 amide bonds. The summed E-state index contributed by atoms with van der Waals surface area (Å²) in [5, 5.41) is 3.91. The lowest BCUT2D eigenvalue weighted by atomic mass is 10.1. The van der Waals surface area contributed by atoms with E-state index in [0.29, 0.717) is 17.5 Å². The van der Waals surface area contributed by atoms with Gasteiger partial charge in [0, 0.05) is 17.7 Å². The van der Waals surface area contributed by atoms with E-state index in [1.165, 1.54) is 22.4 Å². The maximum Gasteiger partial charge on any atom is 0.229 e. The van der Waals surface area contributed by atoms with E-state index in [2.05, 4.69) is 5.43 Å². The van der Waals surface area contributed by atoms with E-state index in [9.17, 15) is 14.4 Å². The van der Waals surface area contributed by atoms with Gasteiger partial charge in [-0.1, -0.05) is 30.3 Å². The van der Waals surface area contributed by atoms with Crippen LogP contribution in [0.2, 0.25) is 0 Å². The summed E-state index contributed by atoms with van der Waals surface area (Å²) in [7, 11) is 0. The van der Waals surface area contributed by atoms with Gasteiger partial charge in [-0.2, -0.15) is 0 Å². The zero-order chi connectivity index (χ0) is 15.5. The number of thiophene rings is 1. The van der Waals surface area contributed by atoms with Gasteiger partial charge in [0.05, 0.1) is 5.57 Å². The number of nitrogens with zero attached hydrogens (tertiary/aromatic N) is 1. The fourth-order valence-corrected chi connectivity index (χ4v) is 2.95. The van der Waals surface area contributed by atoms with Gasteiger partial charge in [-0.3, -0.25) is 14.4 Å². The minimum absolute atomic E-state index is 0.144. The highest BCUT2D eigenvalue weighted by Crippen LogP contribution is 2.25. The highest BCUT2D eigenvalue weighted by atomic mass is 32.1. The second kappa shape index (κ2) is 6.05. The van der Waals surface area contributed by atoms with E-state index in [0.717, 1.165) is 5.00 Å². The zero-order valence-corrected chi connectivity index (χ0v) is 12.3. The number of anilines is 1. The summed E-state index contributed by atoms with van der Waals surface area (Å²) in [6, 6.07) is 10.4. The van der Waals surface area contributed by atoms with Crippen molar-refractivity contribution in [2.75, 3.05) is 11.6 Å². The number of fused-ring (bicyclic) bond motifs is 1. The first kappa shape index (κ1) is 14.4. The van der Waals surface area contributed by atoms with Gasteiger partial charge >= 0.3 is 0 Å². The lowest BCUT2D eigenvalue weighted by Gasteiger charge is -2.14. The lowest BCUT2D eigenvalue weighted by molar-refractivity contribution is -0.108. The molecule has 1 aromatic carbocycles. The molecule has 0 fully saturated rings. The molecule has 0 saturated heterocycles. The number of carbonyl (C=O) groups is 3. The zero-order valence-electron chi connectivity index (χ0n) is 11.5. The standard InChI is InChI=1S/C16H12N2O3S/c19-10-18(14-6-3-9-22-14)17-8-7-13-15(20)11-4-1-2-5-12(11)16(13)21/h1-7,9-10,17H,8H2. The van der Waals surface area contributed by atoms with Crippen LogP contribution < -0.4 is 10.4 Å². The average Bonchev–Trinajstić information content (AvgIpc) is 3.15. The largest absolute Gasteiger partial charge is 0.288 e. The van der Waals surface area contributed by atoms with E-state index >= 15 is 0 Å². The van der Waals surface area contributed by atoms with Crippen molar-refractivity contribution in [2.24, 2.45) is 0 Å². The van der Waals surface area contributed by atoms with Crippen LogP contribution in [0.3, 0.4) is 0 Å². The Morgan fingerprint density at radius 2 is 1.73 bits per heavy atom. The van der Waals surface area contributed by atoms with Crippen molar-refractivity contribution in [3.8, 4) is 0 Å². The van der Waals surface area contributed by atoms with Crippen LogP contribution >= 0.6 is 11.3 Å². The molecule has 0 bridgehead atoms. The van der Waals surface area contributed by atoms with Gasteiger partial charge in [0.1, 0.15) is 5.00 Å². The second-order valence-corrected chi connectivity index (χ2v) is 5.54. The predicted octanol–water partition coefficient (Wildman–Crippen LogP) is 2.22. The quantitative estimate of drug-likeness (QED) is 0.398. The number of hydrogen-bond acceptors (Lipinski definition) is 5. The summed E-state index contributed by atoms with van der Waals surface area (Å²) in [5.74, 6) is -0.535. The van der Waals surface area contributed by atoms with Crippen molar-refractivity contribution < 1.29 is 14.4 Å². The van der Waals surface area contributed by atoms with Crippen LogP contribution in [0, 0.1) is 0 Å². The van der Waals surface area contributed by atoms with E-state index in [-0.39, 0.29) is 23.7 Å². The third-order valence-electron chi connectivity index (χ3n) is 3.32. The normalized spacial score (nSPS) is 13.2. The maximum atomic E-state index is 12.2. The van der Waals surface area contributed by atoms with Gasteiger partial charge in [0.2, 0.25) is 6.41 Å². The Morgan fingerprint density at radius 3 is 2.27 bits per heavy atom. The third kappa shape index (κ3) is 2.49. The Hall–Kier alpha value is -2.57. The number of carbonyl (C=O) groups excluding carboxylic acids is 3. The fraction of sp³-hybridized carbons (Fsp3) is 0.0625. The summed E-state index contributed by atoms with van der Waals surface area (Å²) in [6.07, 6.45) is 2.17. The minimum Gasteiger partial charge on any atom is -0.288 e.